The number of fused-ring (bicyclic) bond motifs is 2. The molecule has 1 aromatic carbocycles. The summed E-state index contributed by atoms with van der Waals surface area (Å²) in [5.74, 6) is 0.901. The standard InChI is InChI=1S/C20H18N2O5/c1-13-3-2-4-18-21-15(11-19(23)22(13)18)12-27-20(24)10-14-5-6-16-17(9-14)26-8-7-25-16/h2-6,9,11H,7-8,10,12H2,1H3. The molecular weight excluding hydrogens is 348 g/mol. The van der Waals surface area contributed by atoms with Gasteiger partial charge in [-0.1, -0.05) is 12.1 Å². The van der Waals surface area contributed by atoms with Gasteiger partial charge >= 0.3 is 5.97 Å². The van der Waals surface area contributed by atoms with E-state index in [0.717, 1.165) is 11.3 Å². The van der Waals surface area contributed by atoms with Crippen LogP contribution in [0, 0.1) is 6.92 Å². The Hall–Kier alpha value is -3.35. The van der Waals surface area contributed by atoms with Gasteiger partial charge in [0.25, 0.3) is 5.56 Å². The summed E-state index contributed by atoms with van der Waals surface area (Å²) in [6, 6.07) is 12.2. The topological polar surface area (TPSA) is 79.1 Å². The second kappa shape index (κ2) is 7.11. The van der Waals surface area contributed by atoms with Crippen molar-refractivity contribution in [2.75, 3.05) is 13.2 Å². The van der Waals surface area contributed by atoms with Crippen molar-refractivity contribution in [3.8, 4) is 11.5 Å². The molecule has 3 aromatic rings. The van der Waals surface area contributed by atoms with E-state index < -0.39 is 5.97 Å². The van der Waals surface area contributed by atoms with E-state index in [2.05, 4.69) is 4.98 Å². The molecule has 3 heterocycles. The van der Waals surface area contributed by atoms with Crippen LogP contribution in [0.15, 0.2) is 47.3 Å². The van der Waals surface area contributed by atoms with Crippen molar-refractivity contribution in [3.05, 3.63) is 69.8 Å². The molecule has 27 heavy (non-hydrogen) atoms. The molecule has 1 aliphatic rings. The van der Waals surface area contributed by atoms with Gasteiger partial charge in [-0.25, -0.2) is 4.98 Å². The molecule has 0 spiro atoms. The monoisotopic (exact) mass is 366 g/mol. The number of carbonyl (C=O) groups excluding carboxylic acids is 1. The molecule has 0 amide bonds. The van der Waals surface area contributed by atoms with Gasteiger partial charge in [-0.05, 0) is 36.8 Å². The van der Waals surface area contributed by atoms with E-state index >= 15 is 0 Å². The van der Waals surface area contributed by atoms with Crippen LogP contribution in [0.2, 0.25) is 0 Å². The maximum Gasteiger partial charge on any atom is 0.310 e. The predicted octanol–water partition coefficient (Wildman–Crippen LogP) is 2.06. The van der Waals surface area contributed by atoms with Crippen LogP contribution in [-0.2, 0) is 22.6 Å². The fourth-order valence-electron chi connectivity index (χ4n) is 3.01. The van der Waals surface area contributed by atoms with E-state index in [-0.39, 0.29) is 18.6 Å². The first-order valence-corrected chi connectivity index (χ1v) is 8.62. The average molecular weight is 366 g/mol. The van der Waals surface area contributed by atoms with E-state index in [1.54, 1.807) is 24.3 Å². The van der Waals surface area contributed by atoms with Crippen molar-refractivity contribution in [3.63, 3.8) is 0 Å². The van der Waals surface area contributed by atoms with Gasteiger partial charge in [0.05, 0.1) is 12.1 Å². The maximum atomic E-state index is 12.2. The summed E-state index contributed by atoms with van der Waals surface area (Å²) in [7, 11) is 0. The lowest BCUT2D eigenvalue weighted by Gasteiger charge is -2.18. The largest absolute Gasteiger partial charge is 0.486 e. The number of aromatic nitrogens is 2. The van der Waals surface area contributed by atoms with Crippen LogP contribution in [0.1, 0.15) is 17.0 Å². The number of aryl methyl sites for hydroxylation is 1. The van der Waals surface area contributed by atoms with E-state index in [9.17, 15) is 9.59 Å². The average Bonchev–Trinajstić information content (AvgIpc) is 2.66. The minimum absolute atomic E-state index is 0.0525. The van der Waals surface area contributed by atoms with Crippen LogP contribution in [0.4, 0.5) is 0 Å². The Morgan fingerprint density at radius 2 is 1.96 bits per heavy atom. The highest BCUT2D eigenvalue weighted by atomic mass is 16.6. The first kappa shape index (κ1) is 17.1. The van der Waals surface area contributed by atoms with Gasteiger partial charge in [0.1, 0.15) is 25.5 Å². The lowest BCUT2D eigenvalue weighted by atomic mass is 10.1. The van der Waals surface area contributed by atoms with Crippen LogP contribution in [0.5, 0.6) is 11.5 Å². The summed E-state index contributed by atoms with van der Waals surface area (Å²) < 4.78 is 17.8. The number of carbonyl (C=O) groups is 1. The lowest BCUT2D eigenvalue weighted by Crippen LogP contribution is -2.18. The molecule has 0 aliphatic carbocycles. The number of pyridine rings is 1. The van der Waals surface area contributed by atoms with Crippen molar-refractivity contribution in [1.29, 1.82) is 0 Å². The Morgan fingerprint density at radius 1 is 1.15 bits per heavy atom. The quantitative estimate of drug-likeness (QED) is 0.658. The van der Waals surface area contributed by atoms with E-state index in [1.165, 1.54) is 10.5 Å². The van der Waals surface area contributed by atoms with Gasteiger partial charge in [-0.2, -0.15) is 0 Å². The van der Waals surface area contributed by atoms with Crippen LogP contribution in [0.25, 0.3) is 5.65 Å². The number of nitrogens with zero attached hydrogens (tertiary/aromatic N) is 2. The molecule has 7 nitrogen and oxygen atoms in total. The zero-order chi connectivity index (χ0) is 18.8. The van der Waals surface area contributed by atoms with Gasteiger partial charge < -0.3 is 14.2 Å². The SMILES string of the molecule is Cc1cccc2nc(COC(=O)Cc3ccc4c(c3)OCCO4)cc(=O)n12. The fourth-order valence-corrected chi connectivity index (χ4v) is 3.01. The molecule has 7 heteroatoms. The van der Waals surface area contributed by atoms with Crippen LogP contribution in [-0.4, -0.2) is 28.6 Å². The molecule has 0 N–H and O–H groups in total. The van der Waals surface area contributed by atoms with E-state index in [1.807, 2.05) is 19.1 Å². The highest BCUT2D eigenvalue weighted by molar-refractivity contribution is 5.73. The van der Waals surface area contributed by atoms with E-state index in [4.69, 9.17) is 14.2 Å². The Labute approximate surface area is 155 Å². The third-order valence-corrected chi connectivity index (χ3v) is 4.27. The van der Waals surface area contributed by atoms with Crippen molar-refractivity contribution < 1.29 is 19.0 Å². The number of esters is 1. The minimum Gasteiger partial charge on any atom is -0.486 e. The molecule has 0 fully saturated rings. The number of ether oxygens (including phenoxy) is 3. The third-order valence-electron chi connectivity index (χ3n) is 4.27. The number of hydrogen-bond acceptors (Lipinski definition) is 6. The summed E-state index contributed by atoms with van der Waals surface area (Å²) in [5, 5.41) is 0. The van der Waals surface area contributed by atoms with Gasteiger partial charge in [0.2, 0.25) is 0 Å². The molecule has 0 bridgehead atoms. The molecule has 0 radical (unpaired) electrons. The van der Waals surface area contributed by atoms with Crippen molar-refractivity contribution in [1.82, 2.24) is 9.38 Å². The number of benzene rings is 1. The molecule has 0 atom stereocenters. The molecule has 0 saturated carbocycles. The molecule has 4 rings (SSSR count). The highest BCUT2D eigenvalue weighted by Crippen LogP contribution is 2.30. The van der Waals surface area contributed by atoms with Gasteiger partial charge in [0, 0.05) is 11.8 Å². The predicted molar refractivity (Wildman–Crippen MR) is 97.1 cm³/mol. The van der Waals surface area contributed by atoms with Gasteiger partial charge in [-0.3, -0.25) is 14.0 Å². The normalized spacial score (nSPS) is 12.8. The summed E-state index contributed by atoms with van der Waals surface area (Å²) in [4.78, 5) is 28.8. The zero-order valence-corrected chi connectivity index (χ0v) is 14.8. The maximum absolute atomic E-state index is 12.2. The van der Waals surface area contributed by atoms with Gasteiger partial charge in [0.15, 0.2) is 11.5 Å². The summed E-state index contributed by atoms with van der Waals surface area (Å²) in [5.41, 5.74) is 2.32. The summed E-state index contributed by atoms with van der Waals surface area (Å²) >= 11 is 0. The Balaban J connectivity index is 1.44. The Bertz CT molecular complexity index is 1070. The molecular formula is C20H18N2O5. The molecule has 0 unspecified atom stereocenters. The first-order chi connectivity index (χ1) is 13.1. The fraction of sp³-hybridized carbons (Fsp3) is 0.250. The summed E-state index contributed by atoms with van der Waals surface area (Å²) in [6.07, 6.45) is 0.0995. The van der Waals surface area contributed by atoms with Crippen LogP contribution in [0.3, 0.4) is 0 Å². The zero-order valence-electron chi connectivity index (χ0n) is 14.8. The molecule has 138 valence electrons. The molecule has 0 saturated heterocycles. The number of hydrogen-bond donors (Lipinski definition) is 0. The van der Waals surface area contributed by atoms with Crippen LogP contribution < -0.4 is 15.0 Å². The third kappa shape index (κ3) is 3.62. The van der Waals surface area contributed by atoms with E-state index in [0.29, 0.717) is 36.1 Å². The Morgan fingerprint density at radius 3 is 2.81 bits per heavy atom. The Kier molecular flexibility index (Phi) is 4.50. The first-order valence-electron chi connectivity index (χ1n) is 8.62. The van der Waals surface area contributed by atoms with Crippen molar-refractivity contribution >= 4 is 11.6 Å². The smallest absolute Gasteiger partial charge is 0.310 e. The number of rotatable bonds is 4. The van der Waals surface area contributed by atoms with Gasteiger partial charge in [-0.15, -0.1) is 0 Å². The highest BCUT2D eigenvalue weighted by Gasteiger charge is 2.14. The molecule has 1 aliphatic heterocycles. The van der Waals surface area contributed by atoms with Crippen LogP contribution >= 0.6 is 0 Å². The second-order valence-electron chi connectivity index (χ2n) is 6.26. The lowest BCUT2D eigenvalue weighted by molar-refractivity contribution is -0.144. The summed E-state index contributed by atoms with van der Waals surface area (Å²) in [6.45, 7) is 2.79. The second-order valence-corrected chi connectivity index (χ2v) is 6.26. The molecule has 2 aromatic heterocycles. The van der Waals surface area contributed by atoms with Crippen molar-refractivity contribution in [2.24, 2.45) is 0 Å². The minimum atomic E-state index is -0.405. The van der Waals surface area contributed by atoms with Crippen molar-refractivity contribution in [2.45, 2.75) is 20.0 Å².